The second-order valence-corrected chi connectivity index (χ2v) is 5.71. The van der Waals surface area contributed by atoms with Crippen LogP contribution in [0.5, 0.6) is 0 Å². The molecule has 2 amide bonds. The van der Waals surface area contributed by atoms with E-state index in [2.05, 4.69) is 5.32 Å². The minimum absolute atomic E-state index is 0.0290. The van der Waals surface area contributed by atoms with Gasteiger partial charge in [-0.15, -0.1) is 0 Å². The van der Waals surface area contributed by atoms with Gasteiger partial charge in [-0.1, -0.05) is 12.1 Å². The predicted octanol–water partition coefficient (Wildman–Crippen LogP) is 3.15. The minimum Gasteiger partial charge on any atom is -0.396 e. The third kappa shape index (κ3) is 4.86. The predicted molar refractivity (Wildman–Crippen MR) is 79.7 cm³/mol. The van der Waals surface area contributed by atoms with Crippen LogP contribution in [-0.4, -0.2) is 35.2 Å². The van der Waals surface area contributed by atoms with Crippen molar-refractivity contribution in [3.05, 3.63) is 35.4 Å². The molecule has 0 bridgehead atoms. The summed E-state index contributed by atoms with van der Waals surface area (Å²) in [7, 11) is 0. The van der Waals surface area contributed by atoms with Crippen molar-refractivity contribution < 1.29 is 23.1 Å². The summed E-state index contributed by atoms with van der Waals surface area (Å²) in [6, 6.07) is 4.55. The summed E-state index contributed by atoms with van der Waals surface area (Å²) in [6.07, 6.45) is -0.974. The number of carbonyl (C=O) groups excluding carboxylic acids is 1. The quantitative estimate of drug-likeness (QED) is 0.891. The van der Waals surface area contributed by atoms with Crippen LogP contribution >= 0.6 is 0 Å². The molecule has 1 unspecified atom stereocenters. The van der Waals surface area contributed by atoms with Crippen LogP contribution in [0.2, 0.25) is 0 Å². The molecule has 2 rings (SSSR count). The van der Waals surface area contributed by atoms with Crippen molar-refractivity contribution in [2.75, 3.05) is 13.2 Å². The van der Waals surface area contributed by atoms with Crippen LogP contribution in [-0.2, 0) is 12.7 Å². The number of carbonyl (C=O) groups is 1. The van der Waals surface area contributed by atoms with Gasteiger partial charge in [0.2, 0.25) is 0 Å². The molecule has 0 spiro atoms. The molecule has 2 N–H and O–H groups in total. The fourth-order valence-corrected chi connectivity index (χ4v) is 2.81. The minimum atomic E-state index is -4.35. The van der Waals surface area contributed by atoms with E-state index < -0.39 is 11.7 Å². The summed E-state index contributed by atoms with van der Waals surface area (Å²) in [4.78, 5) is 13.9. The fourth-order valence-electron chi connectivity index (χ4n) is 2.81. The smallest absolute Gasteiger partial charge is 0.396 e. The highest BCUT2D eigenvalue weighted by atomic mass is 19.4. The molecule has 1 aliphatic rings. The third-order valence-corrected chi connectivity index (χ3v) is 4.08. The molecule has 1 aromatic rings. The Bertz CT molecular complexity index is 515. The molecule has 7 heteroatoms. The van der Waals surface area contributed by atoms with E-state index in [4.69, 9.17) is 5.11 Å². The first-order valence-electron chi connectivity index (χ1n) is 7.73. The van der Waals surface area contributed by atoms with Crippen LogP contribution in [0, 0.1) is 0 Å². The molecule has 128 valence electrons. The lowest BCUT2D eigenvalue weighted by atomic mass is 10.0. The molecule has 1 aromatic carbocycles. The van der Waals surface area contributed by atoms with E-state index in [-0.39, 0.29) is 25.2 Å². The fraction of sp³-hybridized carbons (Fsp3) is 0.562. The van der Waals surface area contributed by atoms with E-state index in [1.165, 1.54) is 12.1 Å². The zero-order valence-electron chi connectivity index (χ0n) is 12.8. The zero-order valence-corrected chi connectivity index (χ0v) is 12.8. The van der Waals surface area contributed by atoms with E-state index in [1.807, 2.05) is 0 Å². The Morgan fingerprint density at radius 2 is 1.96 bits per heavy atom. The van der Waals surface area contributed by atoms with Crippen LogP contribution in [0.4, 0.5) is 18.0 Å². The molecule has 1 aliphatic heterocycles. The van der Waals surface area contributed by atoms with E-state index in [1.54, 1.807) is 4.90 Å². The molecule has 4 nitrogen and oxygen atoms in total. The van der Waals surface area contributed by atoms with Gasteiger partial charge in [-0.05, 0) is 43.4 Å². The molecule has 23 heavy (non-hydrogen) atoms. The van der Waals surface area contributed by atoms with Crippen LogP contribution < -0.4 is 5.32 Å². The average Bonchev–Trinajstić information content (AvgIpc) is 2.53. The van der Waals surface area contributed by atoms with Gasteiger partial charge in [0.15, 0.2) is 0 Å². The number of urea groups is 1. The highest BCUT2D eigenvalue weighted by Crippen LogP contribution is 2.29. The lowest BCUT2D eigenvalue weighted by Gasteiger charge is -2.35. The summed E-state index contributed by atoms with van der Waals surface area (Å²) < 4.78 is 37.5. The van der Waals surface area contributed by atoms with Crippen LogP contribution in [0.1, 0.15) is 36.8 Å². The number of aliphatic hydroxyl groups is 1. The number of piperidine rings is 1. The normalized spacial score (nSPS) is 18.8. The summed E-state index contributed by atoms with van der Waals surface area (Å²) >= 11 is 0. The number of hydrogen-bond acceptors (Lipinski definition) is 2. The number of halogens is 3. The molecule has 1 fully saturated rings. The molecular weight excluding hydrogens is 309 g/mol. The molecule has 0 saturated carbocycles. The number of aliphatic hydroxyl groups excluding tert-OH is 1. The Morgan fingerprint density at radius 1 is 1.26 bits per heavy atom. The van der Waals surface area contributed by atoms with Crippen LogP contribution in [0.3, 0.4) is 0 Å². The summed E-state index contributed by atoms with van der Waals surface area (Å²) in [5.74, 6) is 0. The van der Waals surface area contributed by atoms with Gasteiger partial charge in [0.1, 0.15) is 0 Å². The first-order chi connectivity index (χ1) is 10.9. The van der Waals surface area contributed by atoms with E-state index in [0.29, 0.717) is 18.5 Å². The number of hydrogen-bond donors (Lipinski definition) is 2. The maximum atomic E-state index is 12.5. The molecule has 0 aromatic heterocycles. The molecule has 0 radical (unpaired) electrons. The van der Waals surface area contributed by atoms with Crippen molar-refractivity contribution in [3.8, 4) is 0 Å². The highest BCUT2D eigenvalue weighted by molar-refractivity contribution is 5.74. The molecule has 1 atom stereocenters. The van der Waals surface area contributed by atoms with Gasteiger partial charge in [-0.2, -0.15) is 13.2 Å². The maximum absolute atomic E-state index is 12.5. The van der Waals surface area contributed by atoms with Crippen molar-refractivity contribution in [1.82, 2.24) is 10.2 Å². The van der Waals surface area contributed by atoms with Crippen molar-refractivity contribution >= 4 is 6.03 Å². The SMILES string of the molecule is O=C(NCc1ccc(C(F)(F)F)cc1)N1CCCCC1CCO. The Morgan fingerprint density at radius 3 is 2.57 bits per heavy atom. The lowest BCUT2D eigenvalue weighted by molar-refractivity contribution is -0.137. The van der Waals surface area contributed by atoms with Crippen LogP contribution in [0.25, 0.3) is 0 Å². The number of nitrogens with one attached hydrogen (secondary N) is 1. The zero-order chi connectivity index (χ0) is 16.9. The molecular formula is C16H21F3N2O2. The van der Waals surface area contributed by atoms with E-state index in [9.17, 15) is 18.0 Å². The van der Waals surface area contributed by atoms with Gasteiger partial charge in [0.05, 0.1) is 5.56 Å². The number of benzene rings is 1. The molecule has 1 saturated heterocycles. The number of amides is 2. The maximum Gasteiger partial charge on any atom is 0.416 e. The van der Waals surface area contributed by atoms with E-state index in [0.717, 1.165) is 31.4 Å². The lowest BCUT2D eigenvalue weighted by Crippen LogP contribution is -2.48. The Balaban J connectivity index is 1.90. The van der Waals surface area contributed by atoms with Gasteiger partial charge in [0.25, 0.3) is 0 Å². The monoisotopic (exact) mass is 330 g/mol. The number of nitrogens with zero attached hydrogens (tertiary/aromatic N) is 1. The second-order valence-electron chi connectivity index (χ2n) is 5.71. The number of likely N-dealkylation sites (tertiary alicyclic amines) is 1. The molecule has 0 aliphatic carbocycles. The van der Waals surface area contributed by atoms with Gasteiger partial charge >= 0.3 is 12.2 Å². The first kappa shape index (κ1) is 17.6. The second kappa shape index (κ2) is 7.68. The topological polar surface area (TPSA) is 52.6 Å². The highest BCUT2D eigenvalue weighted by Gasteiger charge is 2.30. The van der Waals surface area contributed by atoms with Gasteiger partial charge in [-0.25, -0.2) is 4.79 Å². The average molecular weight is 330 g/mol. The summed E-state index contributed by atoms with van der Waals surface area (Å²) in [5.41, 5.74) is -0.0892. The first-order valence-corrected chi connectivity index (χ1v) is 7.73. The van der Waals surface area contributed by atoms with Crippen molar-refractivity contribution in [2.45, 2.75) is 44.4 Å². The third-order valence-electron chi connectivity index (χ3n) is 4.08. The number of alkyl halides is 3. The van der Waals surface area contributed by atoms with Gasteiger partial charge < -0.3 is 15.3 Å². The molecule has 1 heterocycles. The van der Waals surface area contributed by atoms with E-state index >= 15 is 0 Å². The Labute approximate surface area is 133 Å². The largest absolute Gasteiger partial charge is 0.416 e. The van der Waals surface area contributed by atoms with Crippen LogP contribution in [0.15, 0.2) is 24.3 Å². The van der Waals surface area contributed by atoms with Gasteiger partial charge in [0, 0.05) is 25.7 Å². The number of rotatable bonds is 4. The van der Waals surface area contributed by atoms with Gasteiger partial charge in [-0.3, -0.25) is 0 Å². The van der Waals surface area contributed by atoms with Crippen molar-refractivity contribution in [1.29, 1.82) is 0 Å². The Kier molecular flexibility index (Phi) is 5.87. The van der Waals surface area contributed by atoms with Crippen molar-refractivity contribution in [2.24, 2.45) is 0 Å². The van der Waals surface area contributed by atoms with Crippen molar-refractivity contribution in [3.63, 3.8) is 0 Å². The standard InChI is InChI=1S/C16H21F3N2O2/c17-16(18,19)13-6-4-12(5-7-13)11-20-15(23)21-9-2-1-3-14(21)8-10-22/h4-7,14,22H,1-3,8-11H2,(H,20,23). The summed E-state index contributed by atoms with van der Waals surface area (Å²) in [6.45, 7) is 0.857. The Hall–Kier alpha value is -1.76. The summed E-state index contributed by atoms with van der Waals surface area (Å²) in [5, 5.41) is 11.8.